The number of likely N-dealkylation sites (N-methyl/N-ethyl adjacent to an activating group) is 1. The van der Waals surface area contributed by atoms with Gasteiger partial charge in [0.1, 0.15) is 18.7 Å². The normalized spacial score (nSPS) is 14.9. The highest BCUT2D eigenvalue weighted by Gasteiger charge is 2.29. The molecule has 3 rings (SSSR count). The van der Waals surface area contributed by atoms with Gasteiger partial charge in [-0.3, -0.25) is 28.9 Å². The van der Waals surface area contributed by atoms with Crippen LogP contribution in [0.3, 0.4) is 0 Å². The maximum atomic E-state index is 13.4. The Bertz CT molecular complexity index is 1410. The van der Waals surface area contributed by atoms with Crippen molar-refractivity contribution >= 4 is 47.3 Å². The van der Waals surface area contributed by atoms with Gasteiger partial charge >= 0.3 is 12.1 Å². The van der Waals surface area contributed by atoms with Gasteiger partial charge in [-0.25, -0.2) is 9.59 Å². The fourth-order valence-electron chi connectivity index (χ4n) is 5.35. The second kappa shape index (κ2) is 21.4. The molecule has 52 heavy (non-hydrogen) atoms. The van der Waals surface area contributed by atoms with E-state index < -0.39 is 36.0 Å². The smallest absolute Gasteiger partial charge is 0.409 e. The van der Waals surface area contributed by atoms with Crippen molar-refractivity contribution in [3.05, 3.63) is 42.0 Å². The molecular weight excluding hydrogens is 672 g/mol. The van der Waals surface area contributed by atoms with E-state index in [1.54, 1.807) is 45.2 Å². The number of primary amides is 1. The number of imide groups is 1. The van der Waals surface area contributed by atoms with Gasteiger partial charge in [-0.05, 0) is 74.6 Å². The Kier molecular flexibility index (Phi) is 17.0. The van der Waals surface area contributed by atoms with Gasteiger partial charge in [0.2, 0.25) is 17.7 Å². The van der Waals surface area contributed by atoms with Gasteiger partial charge in [0.25, 0.3) is 11.8 Å². The molecule has 16 nitrogen and oxygen atoms in total. The fourth-order valence-corrected chi connectivity index (χ4v) is 5.35. The first-order chi connectivity index (χ1) is 24.8. The van der Waals surface area contributed by atoms with Crippen LogP contribution in [-0.4, -0.2) is 103 Å². The molecule has 0 aromatic heterocycles. The Labute approximate surface area is 305 Å². The number of benzene rings is 1. The molecule has 0 bridgehead atoms. The minimum atomic E-state index is -0.999. The van der Waals surface area contributed by atoms with E-state index in [0.29, 0.717) is 44.5 Å². The predicted octanol–water partition coefficient (Wildman–Crippen LogP) is 1.75. The summed E-state index contributed by atoms with van der Waals surface area (Å²) in [5, 5.41) is 14.1. The number of amides is 8. The first-order valence-electron chi connectivity index (χ1n) is 18.0. The van der Waals surface area contributed by atoms with E-state index in [1.807, 2.05) is 0 Å². The average Bonchev–Trinajstić information content (AvgIpc) is 3.88. The minimum Gasteiger partial charge on any atom is -0.445 e. The Morgan fingerprint density at radius 2 is 1.62 bits per heavy atom. The largest absolute Gasteiger partial charge is 0.445 e. The molecule has 8 amide bonds. The average molecular weight is 727 g/mol. The van der Waals surface area contributed by atoms with Crippen LogP contribution < -0.4 is 32.3 Å². The summed E-state index contributed by atoms with van der Waals surface area (Å²) in [4.78, 5) is 89.1. The predicted molar refractivity (Wildman–Crippen MR) is 193 cm³/mol. The third-order valence-electron chi connectivity index (χ3n) is 8.70. The van der Waals surface area contributed by atoms with Crippen molar-refractivity contribution in [2.24, 2.45) is 17.6 Å². The highest BCUT2D eigenvalue weighted by Crippen LogP contribution is 2.27. The molecule has 16 heteroatoms. The maximum Gasteiger partial charge on any atom is 0.409 e. The van der Waals surface area contributed by atoms with Crippen molar-refractivity contribution in [1.82, 2.24) is 31.1 Å². The Morgan fingerprint density at radius 1 is 0.923 bits per heavy atom. The molecule has 2 aliphatic rings. The molecule has 1 heterocycles. The van der Waals surface area contributed by atoms with E-state index in [2.05, 4.69) is 26.6 Å². The number of hydrogen-bond donors (Lipinski definition) is 6. The molecule has 1 aromatic rings. The molecule has 0 spiro atoms. The minimum absolute atomic E-state index is 0.0547. The van der Waals surface area contributed by atoms with Crippen molar-refractivity contribution in [1.29, 1.82) is 0 Å². The van der Waals surface area contributed by atoms with E-state index in [9.17, 15) is 33.6 Å². The van der Waals surface area contributed by atoms with Gasteiger partial charge in [0.15, 0.2) is 0 Å². The van der Waals surface area contributed by atoms with Gasteiger partial charge < -0.3 is 42.0 Å². The summed E-state index contributed by atoms with van der Waals surface area (Å²) < 4.78 is 5.41. The van der Waals surface area contributed by atoms with Crippen molar-refractivity contribution in [3.63, 3.8) is 0 Å². The van der Waals surface area contributed by atoms with Crippen molar-refractivity contribution in [2.45, 2.75) is 83.9 Å². The van der Waals surface area contributed by atoms with Crippen LogP contribution in [0.4, 0.5) is 15.3 Å². The van der Waals surface area contributed by atoms with Crippen LogP contribution >= 0.6 is 0 Å². The lowest BCUT2D eigenvalue weighted by Gasteiger charge is -2.25. The number of nitrogens with one attached hydrogen (secondary N) is 5. The second-order valence-electron chi connectivity index (χ2n) is 13.6. The number of nitrogens with zero attached hydrogens (tertiary/aromatic N) is 2. The molecular formula is C36H54N8O8. The zero-order valence-corrected chi connectivity index (χ0v) is 30.4. The summed E-state index contributed by atoms with van der Waals surface area (Å²) in [6, 6.07) is 4.14. The molecule has 1 aliphatic carbocycles. The van der Waals surface area contributed by atoms with Gasteiger partial charge in [-0.2, -0.15) is 0 Å². The number of ether oxygens (including phenoxy) is 1. The van der Waals surface area contributed by atoms with Crippen LogP contribution in [0.25, 0.3) is 0 Å². The maximum absolute atomic E-state index is 13.4. The van der Waals surface area contributed by atoms with Crippen LogP contribution in [0.5, 0.6) is 0 Å². The first kappa shape index (κ1) is 41.4. The number of anilines is 1. The molecule has 0 radical (unpaired) electrons. The molecule has 7 N–H and O–H groups in total. The number of urea groups is 1. The van der Waals surface area contributed by atoms with Crippen molar-refractivity contribution < 1.29 is 38.3 Å². The summed E-state index contributed by atoms with van der Waals surface area (Å²) in [5.41, 5.74) is 6.34. The van der Waals surface area contributed by atoms with Gasteiger partial charge in [-0.15, -0.1) is 0 Å². The zero-order chi connectivity index (χ0) is 38.0. The number of carbonyl (C=O) groups excluding carboxylic acids is 7. The van der Waals surface area contributed by atoms with E-state index in [1.165, 1.54) is 29.9 Å². The third-order valence-corrected chi connectivity index (χ3v) is 8.70. The molecule has 1 aliphatic heterocycles. The van der Waals surface area contributed by atoms with E-state index >= 15 is 0 Å². The molecule has 1 aromatic carbocycles. The second-order valence-corrected chi connectivity index (χ2v) is 13.6. The van der Waals surface area contributed by atoms with E-state index in [4.69, 9.17) is 10.5 Å². The standard InChI is InChI=1S/C36H54N8O8/c1-24(2)32(42-29(45)9-5-4-6-20-44-30(46)16-17-31(44)47)34(49)41-28(8-7-18-39-35(37)50)33(48)40-27-14-12-26(13-15-27)23-52-36(51)43(3)21-19-38-22-25-10-11-25/h12-17,24-25,28,32,38H,4-11,18-23H2,1-3H3,(H,40,48)(H,41,49)(H,42,45)(H3,37,39,50)/t28-,32-/m0/s1. The Morgan fingerprint density at radius 3 is 2.25 bits per heavy atom. The molecule has 1 saturated carbocycles. The van der Waals surface area contributed by atoms with Crippen LogP contribution in [0, 0.1) is 11.8 Å². The highest BCUT2D eigenvalue weighted by molar-refractivity contribution is 6.12. The van der Waals surface area contributed by atoms with E-state index in [0.717, 1.165) is 22.9 Å². The number of nitrogens with two attached hydrogens (primary N) is 1. The zero-order valence-electron chi connectivity index (χ0n) is 30.4. The summed E-state index contributed by atoms with van der Waals surface area (Å²) >= 11 is 0. The number of carbonyl (C=O) groups is 7. The first-order valence-corrected chi connectivity index (χ1v) is 18.0. The van der Waals surface area contributed by atoms with E-state index in [-0.39, 0.29) is 56.2 Å². The Hall–Kier alpha value is -4.99. The molecule has 2 atom stereocenters. The summed E-state index contributed by atoms with van der Waals surface area (Å²) in [7, 11) is 1.68. The SMILES string of the molecule is CC(C)[C@H](NC(=O)CCCCCN1C(=O)C=CC1=O)C(=O)N[C@@H](CCCNC(N)=O)C(=O)Nc1ccc(COC(=O)N(C)CCNCC2CC2)cc1. The monoisotopic (exact) mass is 726 g/mol. The van der Waals surface area contributed by atoms with Crippen LogP contribution in [0.15, 0.2) is 36.4 Å². The third kappa shape index (κ3) is 15.1. The summed E-state index contributed by atoms with van der Waals surface area (Å²) in [6.07, 6.45) is 6.85. The molecule has 0 unspecified atom stereocenters. The number of hydrogen-bond acceptors (Lipinski definition) is 9. The molecule has 0 saturated heterocycles. The lowest BCUT2D eigenvalue weighted by atomic mass is 10.0. The fraction of sp³-hybridized carbons (Fsp3) is 0.583. The van der Waals surface area contributed by atoms with Crippen LogP contribution in [0.2, 0.25) is 0 Å². The van der Waals surface area contributed by atoms with Crippen molar-refractivity contribution in [3.8, 4) is 0 Å². The number of rotatable bonds is 23. The van der Waals surface area contributed by atoms with Crippen LogP contribution in [-0.2, 0) is 35.3 Å². The van der Waals surface area contributed by atoms with Crippen LogP contribution in [0.1, 0.15) is 70.8 Å². The lowest BCUT2D eigenvalue weighted by molar-refractivity contribution is -0.137. The molecule has 1 fully saturated rings. The Balaban J connectivity index is 1.48. The molecule has 286 valence electrons. The van der Waals surface area contributed by atoms with Crippen molar-refractivity contribution in [2.75, 3.05) is 45.1 Å². The highest BCUT2D eigenvalue weighted by atomic mass is 16.6. The summed E-state index contributed by atoms with van der Waals surface area (Å²) in [5.74, 6) is -1.59. The van der Waals surface area contributed by atoms with Gasteiger partial charge in [0, 0.05) is 57.5 Å². The summed E-state index contributed by atoms with van der Waals surface area (Å²) in [6.45, 7) is 6.27. The van der Waals surface area contributed by atoms with Gasteiger partial charge in [-0.1, -0.05) is 32.4 Å². The lowest BCUT2D eigenvalue weighted by Crippen LogP contribution is -2.54. The van der Waals surface area contributed by atoms with Gasteiger partial charge in [0.05, 0.1) is 0 Å². The quantitative estimate of drug-likeness (QED) is 0.0714. The topological polar surface area (TPSA) is 221 Å². The number of unbranched alkanes of at least 4 members (excludes halogenated alkanes) is 2.